The van der Waals surface area contributed by atoms with Crippen molar-refractivity contribution in [3.63, 3.8) is 0 Å². The summed E-state index contributed by atoms with van der Waals surface area (Å²) in [5, 5.41) is 0. The average molecular weight is 282 g/mol. The second kappa shape index (κ2) is 7.07. The summed E-state index contributed by atoms with van der Waals surface area (Å²) in [6.07, 6.45) is 0.937. The van der Waals surface area contributed by atoms with E-state index in [1.807, 2.05) is 75.4 Å². The highest BCUT2D eigenvalue weighted by molar-refractivity contribution is 6.01. The molecule has 110 valence electrons. The van der Waals surface area contributed by atoms with Gasteiger partial charge in [0, 0.05) is 11.5 Å². The minimum absolute atomic E-state index is 0.0805. The minimum atomic E-state index is -0.0805. The van der Waals surface area contributed by atoms with Crippen molar-refractivity contribution in [3.05, 3.63) is 65.7 Å². The van der Waals surface area contributed by atoms with Crippen LogP contribution in [-0.2, 0) is 0 Å². The Morgan fingerprint density at radius 3 is 2.14 bits per heavy atom. The Bertz CT molecular complexity index is 570. The molecule has 2 nitrogen and oxygen atoms in total. The molecule has 1 atom stereocenters. The van der Waals surface area contributed by atoms with Crippen LogP contribution in [0.4, 0.5) is 0 Å². The second-order valence-corrected chi connectivity index (χ2v) is 5.43. The molecule has 2 aromatic rings. The van der Waals surface area contributed by atoms with Crippen LogP contribution in [0.2, 0.25) is 0 Å². The Hall–Kier alpha value is -2.09. The van der Waals surface area contributed by atoms with Crippen molar-refractivity contribution in [1.82, 2.24) is 0 Å². The SMILES string of the molecule is CCC(C(=O)c1ccc(OC(C)C)cc1)c1ccccc1. The Kier molecular flexibility index (Phi) is 5.15. The number of hydrogen-bond donors (Lipinski definition) is 0. The molecule has 0 N–H and O–H groups in total. The third kappa shape index (κ3) is 3.94. The maximum atomic E-state index is 12.7. The van der Waals surface area contributed by atoms with Gasteiger partial charge in [-0.05, 0) is 50.1 Å². The highest BCUT2D eigenvalue weighted by Crippen LogP contribution is 2.25. The summed E-state index contributed by atoms with van der Waals surface area (Å²) in [7, 11) is 0. The molecule has 1 unspecified atom stereocenters. The lowest BCUT2D eigenvalue weighted by atomic mass is 9.89. The zero-order valence-corrected chi connectivity index (χ0v) is 12.9. The van der Waals surface area contributed by atoms with E-state index in [0.29, 0.717) is 0 Å². The molecule has 2 rings (SSSR count). The van der Waals surface area contributed by atoms with Crippen molar-refractivity contribution >= 4 is 5.78 Å². The first-order valence-electron chi connectivity index (χ1n) is 7.47. The zero-order valence-electron chi connectivity index (χ0n) is 12.9. The Labute approximate surface area is 126 Å². The van der Waals surface area contributed by atoms with Crippen LogP contribution in [0.5, 0.6) is 5.75 Å². The van der Waals surface area contributed by atoms with E-state index in [9.17, 15) is 4.79 Å². The molecule has 0 fully saturated rings. The molecule has 0 saturated heterocycles. The van der Waals surface area contributed by atoms with Crippen LogP contribution in [0.3, 0.4) is 0 Å². The third-order valence-corrected chi connectivity index (χ3v) is 3.44. The quantitative estimate of drug-likeness (QED) is 0.708. The van der Waals surface area contributed by atoms with Crippen LogP contribution in [0.25, 0.3) is 0 Å². The molecular formula is C19H22O2. The predicted molar refractivity (Wildman–Crippen MR) is 86.0 cm³/mol. The number of Topliss-reactive ketones (excluding diaryl/α,β-unsaturated/α-hetero) is 1. The van der Waals surface area contributed by atoms with Crippen molar-refractivity contribution in [3.8, 4) is 5.75 Å². The maximum absolute atomic E-state index is 12.7. The second-order valence-electron chi connectivity index (χ2n) is 5.43. The van der Waals surface area contributed by atoms with E-state index >= 15 is 0 Å². The van der Waals surface area contributed by atoms with Gasteiger partial charge in [0.15, 0.2) is 5.78 Å². The number of carbonyl (C=O) groups is 1. The molecule has 21 heavy (non-hydrogen) atoms. The topological polar surface area (TPSA) is 26.3 Å². The lowest BCUT2D eigenvalue weighted by molar-refractivity contribution is 0.0957. The first-order valence-corrected chi connectivity index (χ1v) is 7.47. The number of rotatable bonds is 6. The summed E-state index contributed by atoms with van der Waals surface area (Å²) in [4.78, 5) is 12.7. The van der Waals surface area contributed by atoms with Crippen LogP contribution < -0.4 is 4.74 Å². The van der Waals surface area contributed by atoms with E-state index in [4.69, 9.17) is 4.74 Å². The van der Waals surface area contributed by atoms with E-state index < -0.39 is 0 Å². The van der Waals surface area contributed by atoms with Gasteiger partial charge in [-0.1, -0.05) is 37.3 Å². The molecule has 0 amide bonds. The molecule has 2 aromatic carbocycles. The summed E-state index contributed by atoms with van der Waals surface area (Å²) in [5.41, 5.74) is 1.81. The Balaban J connectivity index is 2.18. The van der Waals surface area contributed by atoms with Crippen LogP contribution in [0, 0.1) is 0 Å². The van der Waals surface area contributed by atoms with Gasteiger partial charge in [0.2, 0.25) is 0 Å². The first-order chi connectivity index (χ1) is 10.1. The molecule has 0 saturated carbocycles. The van der Waals surface area contributed by atoms with Gasteiger partial charge in [-0.3, -0.25) is 4.79 Å². The lowest BCUT2D eigenvalue weighted by Crippen LogP contribution is -2.12. The summed E-state index contributed by atoms with van der Waals surface area (Å²) in [6.45, 7) is 6.02. The standard InChI is InChI=1S/C19H22O2/c1-4-18(15-8-6-5-7-9-15)19(20)16-10-12-17(13-11-16)21-14(2)3/h5-14,18H,4H2,1-3H3. The highest BCUT2D eigenvalue weighted by Gasteiger charge is 2.19. The van der Waals surface area contributed by atoms with Crippen LogP contribution in [0.1, 0.15) is 49.0 Å². The van der Waals surface area contributed by atoms with E-state index in [2.05, 4.69) is 0 Å². The fraction of sp³-hybridized carbons (Fsp3) is 0.316. The molecule has 0 aliphatic rings. The van der Waals surface area contributed by atoms with Crippen molar-refractivity contribution in [2.75, 3.05) is 0 Å². The van der Waals surface area contributed by atoms with Crippen LogP contribution in [-0.4, -0.2) is 11.9 Å². The molecule has 2 heteroatoms. The summed E-state index contributed by atoms with van der Waals surface area (Å²) >= 11 is 0. The largest absolute Gasteiger partial charge is 0.491 e. The van der Waals surface area contributed by atoms with E-state index in [1.54, 1.807) is 0 Å². The fourth-order valence-corrected chi connectivity index (χ4v) is 2.43. The average Bonchev–Trinajstić information content (AvgIpc) is 2.49. The highest BCUT2D eigenvalue weighted by atomic mass is 16.5. The van der Waals surface area contributed by atoms with Gasteiger partial charge in [-0.2, -0.15) is 0 Å². The number of hydrogen-bond acceptors (Lipinski definition) is 2. The number of carbonyl (C=O) groups excluding carboxylic acids is 1. The molecule has 0 bridgehead atoms. The normalized spacial score (nSPS) is 12.2. The van der Waals surface area contributed by atoms with E-state index in [1.165, 1.54) is 0 Å². The molecule has 0 heterocycles. The molecule has 0 radical (unpaired) electrons. The Morgan fingerprint density at radius 1 is 1.00 bits per heavy atom. The summed E-state index contributed by atoms with van der Waals surface area (Å²) < 4.78 is 5.61. The van der Waals surface area contributed by atoms with E-state index in [0.717, 1.165) is 23.3 Å². The molecule has 0 aliphatic carbocycles. The van der Waals surface area contributed by atoms with Gasteiger partial charge in [-0.25, -0.2) is 0 Å². The van der Waals surface area contributed by atoms with Crippen LogP contribution >= 0.6 is 0 Å². The van der Waals surface area contributed by atoms with Gasteiger partial charge in [0.1, 0.15) is 5.75 Å². The van der Waals surface area contributed by atoms with Gasteiger partial charge < -0.3 is 4.74 Å². The van der Waals surface area contributed by atoms with Gasteiger partial charge in [0.25, 0.3) is 0 Å². The zero-order chi connectivity index (χ0) is 15.2. The predicted octanol–water partition coefficient (Wildman–Crippen LogP) is 4.85. The maximum Gasteiger partial charge on any atom is 0.170 e. The van der Waals surface area contributed by atoms with Crippen molar-refractivity contribution in [2.45, 2.75) is 39.2 Å². The first kappa shape index (κ1) is 15.3. The molecule has 0 spiro atoms. The minimum Gasteiger partial charge on any atom is -0.491 e. The van der Waals surface area contributed by atoms with E-state index in [-0.39, 0.29) is 17.8 Å². The van der Waals surface area contributed by atoms with Crippen molar-refractivity contribution in [2.24, 2.45) is 0 Å². The fourth-order valence-electron chi connectivity index (χ4n) is 2.43. The van der Waals surface area contributed by atoms with Gasteiger partial charge in [0.05, 0.1) is 6.10 Å². The number of ketones is 1. The molecule has 0 aliphatic heterocycles. The lowest BCUT2D eigenvalue weighted by Gasteiger charge is -2.15. The van der Waals surface area contributed by atoms with Crippen molar-refractivity contribution in [1.29, 1.82) is 0 Å². The van der Waals surface area contributed by atoms with Crippen LogP contribution in [0.15, 0.2) is 54.6 Å². The third-order valence-electron chi connectivity index (χ3n) is 3.44. The molecular weight excluding hydrogens is 260 g/mol. The summed E-state index contributed by atoms with van der Waals surface area (Å²) in [5.74, 6) is 0.886. The van der Waals surface area contributed by atoms with Gasteiger partial charge in [-0.15, -0.1) is 0 Å². The summed E-state index contributed by atoms with van der Waals surface area (Å²) in [6, 6.07) is 17.4. The monoisotopic (exact) mass is 282 g/mol. The molecule has 0 aromatic heterocycles. The Morgan fingerprint density at radius 2 is 1.62 bits per heavy atom. The smallest absolute Gasteiger partial charge is 0.170 e. The number of benzene rings is 2. The van der Waals surface area contributed by atoms with Crippen molar-refractivity contribution < 1.29 is 9.53 Å². The van der Waals surface area contributed by atoms with Gasteiger partial charge >= 0.3 is 0 Å². The number of ether oxygens (including phenoxy) is 1.